The second-order valence-corrected chi connectivity index (χ2v) is 6.96. The van der Waals surface area contributed by atoms with Gasteiger partial charge in [0.1, 0.15) is 22.9 Å². The number of hydrogen-bond acceptors (Lipinski definition) is 1. The summed E-state index contributed by atoms with van der Waals surface area (Å²) in [6.07, 6.45) is -6.43. The summed E-state index contributed by atoms with van der Waals surface area (Å²) in [6.45, 7) is 1.97. The number of halogens is 8. The normalized spacial score (nSPS) is 11.8. The summed E-state index contributed by atoms with van der Waals surface area (Å²) in [5, 5.41) is 0. The molecule has 0 aliphatic rings. The maximum atomic E-state index is 14.6. The highest BCUT2D eigenvalue weighted by Gasteiger charge is 2.40. The third-order valence-electron chi connectivity index (χ3n) is 4.72. The van der Waals surface area contributed by atoms with Gasteiger partial charge in [0.15, 0.2) is 11.6 Å². The highest BCUT2D eigenvalue weighted by molar-refractivity contribution is 5.65. The summed E-state index contributed by atoms with van der Waals surface area (Å²) in [6, 6.07) is 8.16. The van der Waals surface area contributed by atoms with E-state index in [0.717, 1.165) is 24.5 Å². The van der Waals surface area contributed by atoms with Gasteiger partial charge < -0.3 is 4.74 Å². The first kappa shape index (κ1) is 23.6. The first-order valence-electron chi connectivity index (χ1n) is 9.46. The van der Waals surface area contributed by atoms with Crippen molar-refractivity contribution in [3.05, 3.63) is 88.5 Å². The van der Waals surface area contributed by atoms with E-state index in [1.165, 1.54) is 12.1 Å². The largest absolute Gasteiger partial charge is 0.429 e. The molecule has 170 valence electrons. The average molecular weight is 460 g/mol. The molecule has 0 fully saturated rings. The van der Waals surface area contributed by atoms with Gasteiger partial charge in [-0.1, -0.05) is 43.7 Å². The lowest BCUT2D eigenvalue weighted by Gasteiger charge is -2.20. The summed E-state index contributed by atoms with van der Waals surface area (Å²) in [4.78, 5) is 0. The van der Waals surface area contributed by atoms with Crippen molar-refractivity contribution in [2.24, 2.45) is 0 Å². The van der Waals surface area contributed by atoms with Crippen molar-refractivity contribution in [1.82, 2.24) is 0 Å². The van der Waals surface area contributed by atoms with Crippen LogP contribution in [0.5, 0.6) is 5.75 Å². The van der Waals surface area contributed by atoms with Gasteiger partial charge in [-0.15, -0.1) is 0 Å². The molecule has 0 saturated heterocycles. The first-order valence-corrected chi connectivity index (χ1v) is 9.46. The van der Waals surface area contributed by atoms with Crippen LogP contribution in [0.2, 0.25) is 0 Å². The van der Waals surface area contributed by atoms with E-state index in [0.29, 0.717) is 6.07 Å². The van der Waals surface area contributed by atoms with Crippen molar-refractivity contribution in [2.75, 3.05) is 0 Å². The van der Waals surface area contributed by atoms with Crippen molar-refractivity contribution in [2.45, 2.75) is 32.3 Å². The fourth-order valence-electron chi connectivity index (χ4n) is 3.17. The maximum absolute atomic E-state index is 14.6. The topological polar surface area (TPSA) is 9.23 Å². The van der Waals surface area contributed by atoms with Crippen molar-refractivity contribution in [1.29, 1.82) is 0 Å². The van der Waals surface area contributed by atoms with Gasteiger partial charge in [-0.2, -0.15) is 8.78 Å². The quantitative estimate of drug-likeness (QED) is 0.326. The average Bonchev–Trinajstić information content (AvgIpc) is 2.69. The molecular weight excluding hydrogens is 444 g/mol. The van der Waals surface area contributed by atoms with E-state index in [1.807, 2.05) is 6.92 Å². The lowest BCUT2D eigenvalue weighted by molar-refractivity contribution is -0.187. The predicted octanol–water partition coefficient (Wildman–Crippen LogP) is 7.93. The highest BCUT2D eigenvalue weighted by atomic mass is 19.3. The fourth-order valence-corrected chi connectivity index (χ4v) is 3.17. The zero-order chi connectivity index (χ0) is 23.6. The molecule has 0 saturated carbocycles. The number of hydrogen-bond donors (Lipinski definition) is 0. The minimum Gasteiger partial charge on any atom is -0.429 e. The maximum Gasteiger partial charge on any atom is 0.429 e. The van der Waals surface area contributed by atoms with Crippen molar-refractivity contribution in [3.8, 4) is 16.9 Å². The Balaban J connectivity index is 1.93. The predicted molar refractivity (Wildman–Crippen MR) is 102 cm³/mol. The fraction of sp³-hybridized carbons (Fsp3) is 0.217. The van der Waals surface area contributed by atoms with E-state index in [-0.39, 0.29) is 23.3 Å². The number of benzene rings is 3. The summed E-state index contributed by atoms with van der Waals surface area (Å²) >= 11 is 0. The van der Waals surface area contributed by atoms with Gasteiger partial charge in [0, 0.05) is 17.7 Å². The molecule has 0 aliphatic heterocycles. The molecule has 3 aromatic rings. The Morgan fingerprint density at radius 2 is 1.44 bits per heavy atom. The Hall–Kier alpha value is -3.10. The van der Waals surface area contributed by atoms with Crippen LogP contribution in [0.3, 0.4) is 0 Å². The van der Waals surface area contributed by atoms with Crippen LogP contribution in [0.25, 0.3) is 11.1 Å². The third-order valence-corrected chi connectivity index (χ3v) is 4.72. The van der Waals surface area contributed by atoms with Crippen LogP contribution in [-0.4, -0.2) is 0 Å². The highest BCUT2D eigenvalue weighted by Crippen LogP contribution is 2.38. The van der Waals surface area contributed by atoms with E-state index in [1.54, 1.807) is 12.1 Å². The molecule has 9 heteroatoms. The summed E-state index contributed by atoms with van der Waals surface area (Å²) in [5.41, 5.74) is -2.20. The Kier molecular flexibility index (Phi) is 6.76. The van der Waals surface area contributed by atoms with Crippen molar-refractivity contribution >= 4 is 0 Å². The molecule has 0 spiro atoms. The molecule has 0 aromatic heterocycles. The zero-order valence-corrected chi connectivity index (χ0v) is 16.5. The lowest BCUT2D eigenvalue weighted by Crippen LogP contribution is -2.24. The van der Waals surface area contributed by atoms with Crippen LogP contribution in [0.15, 0.2) is 48.5 Å². The second kappa shape index (κ2) is 9.18. The van der Waals surface area contributed by atoms with Gasteiger partial charge in [0.2, 0.25) is 0 Å². The third kappa shape index (κ3) is 4.71. The van der Waals surface area contributed by atoms with E-state index < -0.39 is 52.7 Å². The van der Waals surface area contributed by atoms with Crippen LogP contribution in [0.1, 0.15) is 36.5 Å². The van der Waals surface area contributed by atoms with Crippen LogP contribution in [0.4, 0.5) is 35.1 Å². The second-order valence-electron chi connectivity index (χ2n) is 6.96. The molecule has 0 N–H and O–H groups in total. The smallest absolute Gasteiger partial charge is 0.429 e. The lowest BCUT2D eigenvalue weighted by atomic mass is 10.00. The van der Waals surface area contributed by atoms with Crippen LogP contribution >= 0.6 is 0 Å². The van der Waals surface area contributed by atoms with E-state index in [2.05, 4.69) is 4.74 Å². The van der Waals surface area contributed by atoms with E-state index in [9.17, 15) is 35.1 Å². The van der Waals surface area contributed by atoms with Crippen molar-refractivity contribution < 1.29 is 39.9 Å². The molecule has 1 nitrogen and oxygen atoms in total. The Bertz CT molecular complexity index is 1090. The van der Waals surface area contributed by atoms with Crippen molar-refractivity contribution in [3.63, 3.8) is 0 Å². The van der Waals surface area contributed by atoms with Crippen LogP contribution in [0, 0.1) is 23.3 Å². The van der Waals surface area contributed by atoms with Gasteiger partial charge >= 0.3 is 6.11 Å². The molecule has 32 heavy (non-hydrogen) atoms. The molecule has 0 bridgehead atoms. The number of ether oxygens (including phenoxy) is 1. The summed E-state index contributed by atoms with van der Waals surface area (Å²) in [7, 11) is 0. The molecule has 0 heterocycles. The minimum atomic E-state index is -4.56. The van der Waals surface area contributed by atoms with E-state index >= 15 is 0 Å². The Morgan fingerprint density at radius 3 is 1.97 bits per heavy atom. The van der Waals surface area contributed by atoms with Gasteiger partial charge in [0.05, 0.1) is 5.56 Å². The molecular formula is C23H16F8O. The molecule has 0 amide bonds. The van der Waals surface area contributed by atoms with Crippen LogP contribution in [-0.2, 0) is 12.5 Å². The minimum absolute atomic E-state index is 0.110. The molecule has 3 rings (SSSR count). The Morgan fingerprint density at radius 1 is 0.844 bits per heavy atom. The van der Waals surface area contributed by atoms with Gasteiger partial charge in [-0.25, -0.2) is 26.3 Å². The number of aryl methyl sites for hydroxylation is 1. The molecule has 0 aliphatic carbocycles. The summed E-state index contributed by atoms with van der Waals surface area (Å²) < 4.78 is 115. The standard InChI is InChI=1S/C23H16F8O/c1-2-3-12-4-6-13(7-5-12)15-8-9-16(21(27)20(15)26)23(30,31)32-14-10-17(24)19(22(28)29)18(25)11-14/h4-11,22H,2-3H2,1H3. The zero-order valence-electron chi connectivity index (χ0n) is 16.5. The monoisotopic (exact) mass is 460 g/mol. The molecule has 3 aromatic carbocycles. The number of alkyl halides is 4. The summed E-state index contributed by atoms with van der Waals surface area (Å²) in [5.74, 6) is -8.31. The first-order chi connectivity index (χ1) is 15.0. The van der Waals surface area contributed by atoms with Gasteiger partial charge in [-0.3, -0.25) is 0 Å². The number of rotatable bonds is 7. The molecule has 0 unspecified atom stereocenters. The Labute approximate surface area is 178 Å². The molecule has 0 radical (unpaired) electrons. The SMILES string of the molecule is CCCc1ccc(-c2ccc(C(F)(F)Oc3cc(F)c(C(F)F)c(F)c3)c(F)c2F)cc1. The van der Waals surface area contributed by atoms with Gasteiger partial charge in [0.25, 0.3) is 6.43 Å². The van der Waals surface area contributed by atoms with Gasteiger partial charge in [-0.05, 0) is 23.6 Å². The molecule has 0 atom stereocenters. The van der Waals surface area contributed by atoms with Crippen LogP contribution < -0.4 is 4.74 Å². The van der Waals surface area contributed by atoms with E-state index in [4.69, 9.17) is 0 Å².